The van der Waals surface area contributed by atoms with Gasteiger partial charge in [-0.3, -0.25) is 9.78 Å². The third-order valence-corrected chi connectivity index (χ3v) is 6.88. The molecule has 1 aliphatic rings. The number of carbonyl (C=O) groups excluding carboxylic acids is 1. The highest BCUT2D eigenvalue weighted by Crippen LogP contribution is 2.43. The van der Waals surface area contributed by atoms with Gasteiger partial charge >= 0.3 is 0 Å². The number of carbonyl (C=O) groups is 1. The number of ether oxygens (including phenoxy) is 2. The largest absolute Gasteiger partial charge is 0.497 e. The summed E-state index contributed by atoms with van der Waals surface area (Å²) in [6, 6.07) is 23.5. The maximum absolute atomic E-state index is 12.1. The van der Waals surface area contributed by atoms with Crippen LogP contribution in [-0.2, 0) is 9.53 Å². The first kappa shape index (κ1) is 25.4. The van der Waals surface area contributed by atoms with Gasteiger partial charge < -0.3 is 29.6 Å². The van der Waals surface area contributed by atoms with Gasteiger partial charge in [0.1, 0.15) is 18.4 Å². The standard InChI is InChI=1S/C29H29N5O3S/c1-19-17-21(11-14-23(19)31-26(35)18-36-2)34-28(27(32-29(34)38)24-7-4-5-15-30-24)25-8-6-16-33(25)20-9-12-22(37-3)13-10-20/h4-17,27-28H,18H2,1-3H3,(H,31,35)(H,32,38). The Morgan fingerprint density at radius 1 is 1.05 bits per heavy atom. The van der Waals surface area contributed by atoms with Crippen LogP contribution in [0, 0.1) is 6.92 Å². The van der Waals surface area contributed by atoms with Crippen molar-refractivity contribution in [1.82, 2.24) is 14.9 Å². The highest BCUT2D eigenvalue weighted by Gasteiger charge is 2.42. The Morgan fingerprint density at radius 3 is 2.53 bits per heavy atom. The quantitative estimate of drug-likeness (QED) is 0.314. The van der Waals surface area contributed by atoms with Crippen LogP contribution in [0.5, 0.6) is 5.75 Å². The minimum Gasteiger partial charge on any atom is -0.497 e. The first-order chi connectivity index (χ1) is 18.5. The third kappa shape index (κ3) is 4.98. The number of nitrogens with one attached hydrogen (secondary N) is 2. The van der Waals surface area contributed by atoms with Crippen molar-refractivity contribution >= 4 is 34.6 Å². The molecule has 2 unspecified atom stereocenters. The van der Waals surface area contributed by atoms with Crippen LogP contribution in [0.2, 0.25) is 0 Å². The molecule has 2 N–H and O–H groups in total. The second kappa shape index (κ2) is 11.0. The number of thiocarbonyl (C=S) groups is 1. The molecule has 0 spiro atoms. The summed E-state index contributed by atoms with van der Waals surface area (Å²) in [6.45, 7) is 1.96. The maximum atomic E-state index is 12.1. The highest BCUT2D eigenvalue weighted by atomic mass is 32.1. The second-order valence-electron chi connectivity index (χ2n) is 8.98. The molecule has 0 saturated carbocycles. The van der Waals surface area contributed by atoms with Gasteiger partial charge in [-0.15, -0.1) is 0 Å². The Bertz CT molecular complexity index is 1440. The Balaban J connectivity index is 1.57. The summed E-state index contributed by atoms with van der Waals surface area (Å²) in [5.74, 6) is 0.597. The van der Waals surface area contributed by atoms with E-state index >= 15 is 0 Å². The van der Waals surface area contributed by atoms with Crippen LogP contribution in [0.4, 0.5) is 11.4 Å². The number of aryl methyl sites for hydroxylation is 1. The lowest BCUT2D eigenvalue weighted by molar-refractivity contribution is -0.119. The van der Waals surface area contributed by atoms with Gasteiger partial charge in [0.25, 0.3) is 0 Å². The van der Waals surface area contributed by atoms with Crippen molar-refractivity contribution in [2.75, 3.05) is 31.0 Å². The van der Waals surface area contributed by atoms with Gasteiger partial charge in [-0.2, -0.15) is 0 Å². The highest BCUT2D eigenvalue weighted by molar-refractivity contribution is 7.80. The molecule has 0 bridgehead atoms. The van der Waals surface area contributed by atoms with E-state index in [-0.39, 0.29) is 24.6 Å². The van der Waals surface area contributed by atoms with E-state index in [1.807, 2.05) is 79.9 Å². The van der Waals surface area contributed by atoms with Crippen LogP contribution >= 0.6 is 12.2 Å². The van der Waals surface area contributed by atoms with E-state index < -0.39 is 0 Å². The zero-order chi connectivity index (χ0) is 26.6. The molecular weight excluding hydrogens is 498 g/mol. The minimum absolute atomic E-state index is 0.00248. The topological polar surface area (TPSA) is 80.7 Å². The smallest absolute Gasteiger partial charge is 0.250 e. The SMILES string of the molecule is COCC(=O)Nc1ccc(N2C(=S)NC(c3ccccn3)C2c2cccn2-c2ccc(OC)cc2)cc1C. The summed E-state index contributed by atoms with van der Waals surface area (Å²) in [7, 11) is 3.16. The first-order valence-electron chi connectivity index (χ1n) is 12.2. The van der Waals surface area contributed by atoms with Crippen molar-refractivity contribution in [2.45, 2.75) is 19.0 Å². The van der Waals surface area contributed by atoms with E-state index in [0.717, 1.165) is 39.8 Å². The van der Waals surface area contributed by atoms with Gasteiger partial charge in [0, 0.05) is 42.3 Å². The van der Waals surface area contributed by atoms with Crippen molar-refractivity contribution in [2.24, 2.45) is 0 Å². The van der Waals surface area contributed by atoms with Crippen LogP contribution in [0.15, 0.2) is 85.2 Å². The zero-order valence-electron chi connectivity index (χ0n) is 21.4. The van der Waals surface area contributed by atoms with Crippen LogP contribution in [0.25, 0.3) is 5.69 Å². The lowest BCUT2D eigenvalue weighted by Gasteiger charge is -2.29. The summed E-state index contributed by atoms with van der Waals surface area (Å²) in [6.07, 6.45) is 3.84. The van der Waals surface area contributed by atoms with E-state index in [2.05, 4.69) is 31.2 Å². The fourth-order valence-electron chi connectivity index (χ4n) is 4.80. The predicted octanol–water partition coefficient (Wildman–Crippen LogP) is 4.95. The summed E-state index contributed by atoms with van der Waals surface area (Å²) in [5.41, 5.74) is 5.51. The summed E-state index contributed by atoms with van der Waals surface area (Å²) >= 11 is 5.90. The number of benzene rings is 2. The molecule has 38 heavy (non-hydrogen) atoms. The fourth-order valence-corrected chi connectivity index (χ4v) is 5.15. The van der Waals surface area contributed by atoms with Gasteiger partial charge in [-0.1, -0.05) is 6.07 Å². The lowest BCUT2D eigenvalue weighted by Crippen LogP contribution is -2.30. The van der Waals surface area contributed by atoms with E-state index in [1.54, 1.807) is 13.3 Å². The number of aromatic nitrogens is 2. The lowest BCUT2D eigenvalue weighted by atomic mass is 10.00. The number of nitrogens with zero attached hydrogens (tertiary/aromatic N) is 3. The molecule has 3 heterocycles. The molecule has 1 amide bonds. The molecule has 1 aliphatic heterocycles. The van der Waals surface area contributed by atoms with Crippen molar-refractivity contribution in [3.8, 4) is 11.4 Å². The zero-order valence-corrected chi connectivity index (χ0v) is 22.2. The van der Waals surface area contributed by atoms with Gasteiger partial charge in [-0.05, 0) is 91.4 Å². The number of hydrogen-bond donors (Lipinski definition) is 2. The monoisotopic (exact) mass is 527 g/mol. The molecule has 5 rings (SSSR count). The average Bonchev–Trinajstić information content (AvgIpc) is 3.55. The number of hydrogen-bond acceptors (Lipinski definition) is 5. The van der Waals surface area contributed by atoms with E-state index in [0.29, 0.717) is 5.11 Å². The van der Waals surface area contributed by atoms with Crippen molar-refractivity contribution in [3.63, 3.8) is 0 Å². The molecule has 1 saturated heterocycles. The summed E-state index contributed by atoms with van der Waals surface area (Å²) in [5, 5.41) is 7.01. The molecule has 0 radical (unpaired) electrons. The normalized spacial score (nSPS) is 16.8. The molecule has 9 heteroatoms. The Labute approximate surface area is 227 Å². The average molecular weight is 528 g/mol. The number of rotatable bonds is 8. The van der Waals surface area contributed by atoms with Crippen molar-refractivity contribution in [1.29, 1.82) is 0 Å². The molecule has 2 aromatic heterocycles. The second-order valence-corrected chi connectivity index (χ2v) is 9.36. The Morgan fingerprint density at radius 2 is 1.84 bits per heavy atom. The van der Waals surface area contributed by atoms with Gasteiger partial charge in [-0.25, -0.2) is 0 Å². The number of amides is 1. The number of pyridine rings is 1. The molecule has 2 atom stereocenters. The first-order valence-corrected chi connectivity index (χ1v) is 12.6. The molecule has 0 aliphatic carbocycles. The third-order valence-electron chi connectivity index (χ3n) is 6.57. The number of methoxy groups -OCH3 is 2. The molecule has 194 valence electrons. The van der Waals surface area contributed by atoms with Gasteiger partial charge in [0.15, 0.2) is 5.11 Å². The van der Waals surface area contributed by atoms with Crippen LogP contribution in [-0.4, -0.2) is 41.4 Å². The summed E-state index contributed by atoms with van der Waals surface area (Å²) in [4.78, 5) is 18.9. The Kier molecular flexibility index (Phi) is 7.39. The number of anilines is 2. The minimum atomic E-state index is -0.202. The van der Waals surface area contributed by atoms with E-state index in [4.69, 9.17) is 21.7 Å². The molecular formula is C29H29N5O3S. The summed E-state index contributed by atoms with van der Waals surface area (Å²) < 4.78 is 12.5. The van der Waals surface area contributed by atoms with Crippen LogP contribution in [0.3, 0.4) is 0 Å². The molecule has 4 aromatic rings. The fraction of sp³-hybridized carbons (Fsp3) is 0.207. The van der Waals surface area contributed by atoms with Crippen LogP contribution < -0.4 is 20.3 Å². The Hall–Kier alpha value is -4.21. The predicted molar refractivity (Wildman–Crippen MR) is 152 cm³/mol. The van der Waals surface area contributed by atoms with Crippen LogP contribution in [0.1, 0.15) is 29.0 Å². The van der Waals surface area contributed by atoms with E-state index in [1.165, 1.54) is 7.11 Å². The molecule has 1 fully saturated rings. The molecule has 8 nitrogen and oxygen atoms in total. The van der Waals surface area contributed by atoms with Gasteiger partial charge in [0.2, 0.25) is 5.91 Å². The van der Waals surface area contributed by atoms with Gasteiger partial charge in [0.05, 0.1) is 18.8 Å². The maximum Gasteiger partial charge on any atom is 0.250 e. The van der Waals surface area contributed by atoms with Crippen molar-refractivity contribution in [3.05, 3.63) is 102 Å². The van der Waals surface area contributed by atoms with Crippen molar-refractivity contribution < 1.29 is 14.3 Å². The molecule has 2 aromatic carbocycles. The van der Waals surface area contributed by atoms with E-state index in [9.17, 15) is 4.79 Å².